The smallest absolute Gasteiger partial charge is 0.252 e. The summed E-state index contributed by atoms with van der Waals surface area (Å²) in [4.78, 5) is 36.8. The lowest BCUT2D eigenvalue weighted by Gasteiger charge is -2.35. The van der Waals surface area contributed by atoms with Crippen molar-refractivity contribution >= 4 is 34.0 Å². The van der Waals surface area contributed by atoms with Gasteiger partial charge in [0, 0.05) is 39.0 Å². The van der Waals surface area contributed by atoms with E-state index < -0.39 is 0 Å². The molecule has 4 heterocycles. The van der Waals surface area contributed by atoms with Crippen LogP contribution in [0.25, 0.3) is 22.3 Å². The Bertz CT molecular complexity index is 1230. The number of rotatable bonds is 7. The molecule has 1 aromatic carbocycles. The lowest BCUT2D eigenvalue weighted by Crippen LogP contribution is -2.49. The summed E-state index contributed by atoms with van der Waals surface area (Å²) in [6.07, 6.45) is 3.24. The molecule has 0 N–H and O–H groups in total. The van der Waals surface area contributed by atoms with Crippen LogP contribution < -0.4 is 9.74 Å². The first kappa shape index (κ1) is 20.2. The van der Waals surface area contributed by atoms with Crippen molar-refractivity contribution < 1.29 is 14.0 Å². The lowest BCUT2D eigenvalue weighted by atomic mass is 10.2. The largest absolute Gasteiger partial charge is 0.422 e. The molecule has 1 saturated heterocycles. The van der Waals surface area contributed by atoms with E-state index in [1.54, 1.807) is 0 Å². The number of oxazole rings is 1. The third kappa shape index (κ3) is 3.93. The highest BCUT2D eigenvalue weighted by Gasteiger charge is 2.24. The van der Waals surface area contributed by atoms with Gasteiger partial charge in [-0.25, -0.2) is 9.97 Å². The van der Waals surface area contributed by atoms with Crippen LogP contribution in [0, 0.1) is 0 Å². The number of hydrogen-bond donors (Lipinski definition) is 0. The Balaban J connectivity index is 1.11. The van der Waals surface area contributed by atoms with Crippen LogP contribution in [0.3, 0.4) is 0 Å². The first-order chi connectivity index (χ1) is 15.7. The molecular formula is C21H24N8O3. The number of para-hydroxylation sites is 1. The normalized spacial score (nSPS) is 14.4. The topological polar surface area (TPSA) is 115 Å². The Morgan fingerprint density at radius 2 is 2.00 bits per heavy atom. The molecule has 0 radical (unpaired) electrons. The van der Waals surface area contributed by atoms with E-state index >= 15 is 0 Å². The molecule has 166 valence electrons. The summed E-state index contributed by atoms with van der Waals surface area (Å²) < 4.78 is 5.64. The van der Waals surface area contributed by atoms with Crippen LogP contribution in [0.5, 0.6) is 0 Å². The van der Waals surface area contributed by atoms with E-state index in [1.165, 1.54) is 11.2 Å². The van der Waals surface area contributed by atoms with Crippen molar-refractivity contribution in [3.05, 3.63) is 36.5 Å². The summed E-state index contributed by atoms with van der Waals surface area (Å²) >= 11 is 0. The van der Waals surface area contributed by atoms with Gasteiger partial charge in [0.25, 0.3) is 5.71 Å². The Morgan fingerprint density at radius 3 is 2.84 bits per heavy atom. The summed E-state index contributed by atoms with van der Waals surface area (Å²) in [6, 6.07) is 7.59. The van der Waals surface area contributed by atoms with E-state index in [2.05, 4.69) is 30.2 Å². The van der Waals surface area contributed by atoms with Crippen LogP contribution in [0.1, 0.15) is 25.7 Å². The van der Waals surface area contributed by atoms with Gasteiger partial charge in [-0.2, -0.15) is 4.98 Å². The molecule has 0 spiro atoms. The van der Waals surface area contributed by atoms with E-state index in [-0.39, 0.29) is 5.91 Å². The third-order valence-corrected chi connectivity index (χ3v) is 5.52. The van der Waals surface area contributed by atoms with Gasteiger partial charge < -0.3 is 19.1 Å². The number of nitrogens with zero attached hydrogens (tertiary/aromatic N) is 8. The lowest BCUT2D eigenvalue weighted by molar-refractivity contribution is -0.131. The van der Waals surface area contributed by atoms with E-state index in [4.69, 9.17) is 9.25 Å². The summed E-state index contributed by atoms with van der Waals surface area (Å²) in [5, 5.41) is 8.04. The molecule has 11 nitrogen and oxygen atoms in total. The predicted octanol–water partition coefficient (Wildman–Crippen LogP) is 1.48. The van der Waals surface area contributed by atoms with Crippen molar-refractivity contribution in [3.63, 3.8) is 0 Å². The van der Waals surface area contributed by atoms with Crippen LogP contribution in [0.15, 0.2) is 35.0 Å². The van der Waals surface area contributed by atoms with Gasteiger partial charge in [-0.1, -0.05) is 23.9 Å². The minimum Gasteiger partial charge on any atom is -0.422 e. The van der Waals surface area contributed by atoms with Crippen LogP contribution >= 0.6 is 0 Å². The van der Waals surface area contributed by atoms with Gasteiger partial charge in [0.05, 0.1) is 0 Å². The van der Waals surface area contributed by atoms with Crippen LogP contribution in [0.2, 0.25) is 0 Å². The number of aryl methyl sites for hydroxylation is 1. The summed E-state index contributed by atoms with van der Waals surface area (Å²) in [6.45, 7) is 5.03. The minimum absolute atomic E-state index is 0.124. The first-order valence-corrected chi connectivity index (χ1v) is 10.8. The van der Waals surface area contributed by atoms with Gasteiger partial charge >= 0.3 is 0 Å². The quantitative estimate of drug-likeness (QED) is 0.397. The number of anilines is 1. The Labute approximate surface area is 183 Å². The van der Waals surface area contributed by atoms with Crippen LogP contribution in [-0.4, -0.2) is 73.7 Å². The first-order valence-electron chi connectivity index (χ1n) is 10.8. The molecule has 0 saturated carbocycles. The Hall–Kier alpha value is -3.76. The molecule has 0 atom stereocenters. The molecule has 32 heavy (non-hydrogen) atoms. The maximum Gasteiger partial charge on any atom is 0.252 e. The molecule has 4 aromatic rings. The Kier molecular flexibility index (Phi) is 5.53. The third-order valence-electron chi connectivity index (χ3n) is 5.52. The average Bonchev–Trinajstić information content (AvgIpc) is 3.45. The molecule has 1 amide bonds. The molecule has 1 aliphatic heterocycles. The fourth-order valence-corrected chi connectivity index (χ4v) is 3.81. The molecule has 11 heteroatoms. The van der Waals surface area contributed by atoms with Crippen LogP contribution in [-0.2, 0) is 11.2 Å². The van der Waals surface area contributed by atoms with Gasteiger partial charge in [0.2, 0.25) is 5.91 Å². The van der Waals surface area contributed by atoms with Crippen molar-refractivity contribution in [3.8, 4) is 0 Å². The van der Waals surface area contributed by atoms with Crippen molar-refractivity contribution in [2.75, 3.05) is 37.7 Å². The average molecular weight is 436 g/mol. The highest BCUT2D eigenvalue weighted by molar-refractivity contribution is 5.82. The van der Waals surface area contributed by atoms with Crippen molar-refractivity contribution in [1.29, 1.82) is 0 Å². The minimum atomic E-state index is 0.124. The maximum atomic E-state index is 12.6. The zero-order chi connectivity index (χ0) is 21.9. The number of benzene rings is 1. The second-order valence-corrected chi connectivity index (χ2v) is 7.57. The SMILES string of the molecule is CCc1nc2c(N3CCN(C(=O)CCCOn4nnc5ccccc54)CC3)ncnc2o1. The standard InChI is InChI=1S/C21H24N8O3/c1-2-17-24-19-20(22-14-23-21(19)32-17)28-11-9-27(10-12-28)18(30)8-5-13-31-29-16-7-4-3-6-15(16)25-26-29/h3-4,6-7,14H,2,5,8-13H2,1H3. The number of amides is 1. The summed E-state index contributed by atoms with van der Waals surface area (Å²) in [5.41, 5.74) is 2.78. The number of piperazine rings is 1. The predicted molar refractivity (Wildman–Crippen MR) is 116 cm³/mol. The van der Waals surface area contributed by atoms with Crippen LogP contribution in [0.4, 0.5) is 5.82 Å². The number of carbonyl (C=O) groups is 1. The molecule has 5 rings (SSSR count). The molecule has 1 fully saturated rings. The number of carbonyl (C=O) groups excluding carboxylic acids is 1. The molecule has 3 aromatic heterocycles. The molecule has 0 aliphatic carbocycles. The molecule has 0 unspecified atom stereocenters. The summed E-state index contributed by atoms with van der Waals surface area (Å²) in [5.74, 6) is 1.54. The number of aromatic nitrogens is 6. The fraction of sp³-hybridized carbons (Fsp3) is 0.429. The van der Waals surface area contributed by atoms with Crippen molar-refractivity contribution in [1.82, 2.24) is 35.0 Å². The zero-order valence-electron chi connectivity index (χ0n) is 17.8. The highest BCUT2D eigenvalue weighted by Crippen LogP contribution is 2.24. The van der Waals surface area contributed by atoms with Gasteiger partial charge in [0.1, 0.15) is 24.0 Å². The van der Waals surface area contributed by atoms with Gasteiger partial charge in [-0.3, -0.25) is 4.79 Å². The van der Waals surface area contributed by atoms with Gasteiger partial charge in [0.15, 0.2) is 17.2 Å². The van der Waals surface area contributed by atoms with E-state index in [0.717, 1.165) is 16.9 Å². The van der Waals surface area contributed by atoms with Gasteiger partial charge in [-0.15, -0.1) is 5.10 Å². The Morgan fingerprint density at radius 1 is 1.16 bits per heavy atom. The summed E-state index contributed by atoms with van der Waals surface area (Å²) in [7, 11) is 0. The second kappa shape index (κ2) is 8.77. The second-order valence-electron chi connectivity index (χ2n) is 7.57. The monoisotopic (exact) mass is 436 g/mol. The fourth-order valence-electron chi connectivity index (χ4n) is 3.81. The molecule has 0 bridgehead atoms. The number of hydrogen-bond acceptors (Lipinski definition) is 9. The van der Waals surface area contributed by atoms with Gasteiger partial charge in [-0.05, 0) is 23.8 Å². The highest BCUT2D eigenvalue weighted by atomic mass is 16.7. The zero-order valence-corrected chi connectivity index (χ0v) is 17.8. The molecular weight excluding hydrogens is 412 g/mol. The molecule has 1 aliphatic rings. The van der Waals surface area contributed by atoms with E-state index in [0.29, 0.717) is 69.2 Å². The number of fused-ring (bicyclic) bond motifs is 2. The van der Waals surface area contributed by atoms with Crippen molar-refractivity contribution in [2.24, 2.45) is 0 Å². The van der Waals surface area contributed by atoms with E-state index in [1.807, 2.05) is 36.1 Å². The van der Waals surface area contributed by atoms with Crippen molar-refractivity contribution in [2.45, 2.75) is 26.2 Å². The maximum absolute atomic E-state index is 12.6. The van der Waals surface area contributed by atoms with E-state index in [9.17, 15) is 4.79 Å².